The maximum atomic E-state index is 11.7. The summed E-state index contributed by atoms with van der Waals surface area (Å²) in [4.78, 5) is 15.8. The molecule has 2 unspecified atom stereocenters. The van der Waals surface area contributed by atoms with Crippen molar-refractivity contribution in [2.75, 3.05) is 0 Å². The molecule has 0 aliphatic heterocycles. The fourth-order valence-electron chi connectivity index (χ4n) is 2.49. The molecule has 18 heavy (non-hydrogen) atoms. The molecule has 1 saturated carbocycles. The Labute approximate surface area is 111 Å². The molecular weight excluding hydrogens is 250 g/mol. The number of nitrogens with one attached hydrogen (secondary N) is 1. The number of primary amides is 1. The van der Waals surface area contributed by atoms with Gasteiger partial charge in [-0.15, -0.1) is 0 Å². The van der Waals surface area contributed by atoms with Crippen LogP contribution in [-0.2, 0) is 4.79 Å². The molecule has 1 aromatic heterocycles. The normalized spacial score (nSPS) is 27.8. The van der Waals surface area contributed by atoms with Gasteiger partial charge in [-0.1, -0.05) is 11.8 Å². The molecule has 1 amide bonds. The molecule has 1 aliphatic rings. The third-order valence-electron chi connectivity index (χ3n) is 3.18. The molecule has 100 valence electrons. The van der Waals surface area contributed by atoms with Crippen LogP contribution in [0.5, 0.6) is 0 Å². The lowest BCUT2D eigenvalue weighted by molar-refractivity contribution is -0.124. The standard InChI is InChI=1S/C12H19N3O2S/c1-8(2)15-12(10(13)16)4-3-9(7-12)18-11-14-5-6-17-11/h5-6,8-9,15H,3-4,7H2,1-2H3,(H2,13,16). The predicted molar refractivity (Wildman–Crippen MR) is 70.2 cm³/mol. The molecule has 0 saturated heterocycles. The number of amides is 1. The van der Waals surface area contributed by atoms with Crippen LogP contribution in [0.1, 0.15) is 33.1 Å². The Bertz CT molecular complexity index is 407. The van der Waals surface area contributed by atoms with Crippen LogP contribution in [0.3, 0.4) is 0 Å². The van der Waals surface area contributed by atoms with Gasteiger partial charge in [-0.25, -0.2) is 4.98 Å². The summed E-state index contributed by atoms with van der Waals surface area (Å²) in [6, 6.07) is 0.239. The van der Waals surface area contributed by atoms with Crippen molar-refractivity contribution in [1.82, 2.24) is 10.3 Å². The van der Waals surface area contributed by atoms with Crippen LogP contribution in [-0.4, -0.2) is 27.7 Å². The molecule has 1 aliphatic carbocycles. The number of nitrogens with two attached hydrogens (primary N) is 1. The average Bonchev–Trinajstić information content (AvgIpc) is 2.89. The number of nitrogens with zero attached hydrogens (tertiary/aromatic N) is 1. The van der Waals surface area contributed by atoms with Gasteiger partial charge in [0.05, 0.1) is 11.7 Å². The largest absolute Gasteiger partial charge is 0.440 e. The van der Waals surface area contributed by atoms with Crippen molar-refractivity contribution in [3.05, 3.63) is 12.5 Å². The third kappa shape index (κ3) is 2.87. The highest BCUT2D eigenvalue weighted by Crippen LogP contribution is 2.39. The number of carbonyl (C=O) groups excluding carboxylic acids is 1. The monoisotopic (exact) mass is 269 g/mol. The van der Waals surface area contributed by atoms with Crippen molar-refractivity contribution < 1.29 is 9.21 Å². The van der Waals surface area contributed by atoms with E-state index >= 15 is 0 Å². The van der Waals surface area contributed by atoms with E-state index in [-0.39, 0.29) is 11.9 Å². The predicted octanol–water partition coefficient (Wildman–Crippen LogP) is 1.54. The lowest BCUT2D eigenvalue weighted by Gasteiger charge is -2.29. The summed E-state index contributed by atoms with van der Waals surface area (Å²) in [6.45, 7) is 4.05. The fraction of sp³-hybridized carbons (Fsp3) is 0.667. The Morgan fingerprint density at radius 2 is 2.50 bits per heavy atom. The second kappa shape index (κ2) is 5.32. The van der Waals surface area contributed by atoms with E-state index in [1.807, 2.05) is 13.8 Å². The molecule has 2 rings (SSSR count). The van der Waals surface area contributed by atoms with Gasteiger partial charge < -0.3 is 15.5 Å². The first-order chi connectivity index (χ1) is 8.52. The summed E-state index contributed by atoms with van der Waals surface area (Å²) in [5.74, 6) is -0.258. The highest BCUT2D eigenvalue weighted by molar-refractivity contribution is 7.99. The molecule has 0 aromatic carbocycles. The smallest absolute Gasteiger partial charge is 0.255 e. The average molecular weight is 269 g/mol. The molecule has 0 bridgehead atoms. The zero-order valence-corrected chi connectivity index (χ0v) is 11.5. The summed E-state index contributed by atoms with van der Waals surface area (Å²) >= 11 is 1.58. The van der Waals surface area contributed by atoms with Crippen molar-refractivity contribution >= 4 is 17.7 Å². The van der Waals surface area contributed by atoms with E-state index in [1.54, 1.807) is 24.2 Å². The summed E-state index contributed by atoms with van der Waals surface area (Å²) in [6.07, 6.45) is 5.64. The summed E-state index contributed by atoms with van der Waals surface area (Å²) in [5.41, 5.74) is 5.00. The van der Waals surface area contributed by atoms with Crippen LogP contribution in [0.4, 0.5) is 0 Å². The van der Waals surface area contributed by atoms with Crippen LogP contribution in [0.15, 0.2) is 22.1 Å². The summed E-state index contributed by atoms with van der Waals surface area (Å²) in [7, 11) is 0. The van der Waals surface area contributed by atoms with Gasteiger partial charge in [0, 0.05) is 11.3 Å². The fourth-order valence-corrected chi connectivity index (χ4v) is 3.61. The van der Waals surface area contributed by atoms with Gasteiger partial charge >= 0.3 is 0 Å². The van der Waals surface area contributed by atoms with E-state index in [0.717, 1.165) is 19.3 Å². The zero-order chi connectivity index (χ0) is 13.2. The molecule has 1 fully saturated rings. The van der Waals surface area contributed by atoms with Crippen molar-refractivity contribution in [3.63, 3.8) is 0 Å². The number of carbonyl (C=O) groups is 1. The minimum atomic E-state index is -0.571. The Balaban J connectivity index is 2.01. The summed E-state index contributed by atoms with van der Waals surface area (Å²) in [5, 5.41) is 4.30. The van der Waals surface area contributed by atoms with E-state index in [2.05, 4.69) is 10.3 Å². The van der Waals surface area contributed by atoms with Gasteiger partial charge in [0.15, 0.2) is 0 Å². The van der Waals surface area contributed by atoms with Crippen molar-refractivity contribution in [2.24, 2.45) is 5.73 Å². The second-order valence-electron chi connectivity index (χ2n) is 5.03. The molecule has 1 aromatic rings. The van der Waals surface area contributed by atoms with E-state index < -0.39 is 5.54 Å². The maximum Gasteiger partial charge on any atom is 0.255 e. The van der Waals surface area contributed by atoms with Crippen LogP contribution < -0.4 is 11.1 Å². The molecule has 0 radical (unpaired) electrons. The maximum absolute atomic E-state index is 11.7. The van der Waals surface area contributed by atoms with Gasteiger partial charge in [-0.2, -0.15) is 0 Å². The highest BCUT2D eigenvalue weighted by atomic mass is 32.2. The van der Waals surface area contributed by atoms with Crippen LogP contribution in [0.25, 0.3) is 0 Å². The van der Waals surface area contributed by atoms with Gasteiger partial charge in [0.2, 0.25) is 5.91 Å². The first-order valence-electron chi connectivity index (χ1n) is 6.15. The van der Waals surface area contributed by atoms with E-state index in [9.17, 15) is 4.79 Å². The van der Waals surface area contributed by atoms with Crippen molar-refractivity contribution in [3.8, 4) is 0 Å². The topological polar surface area (TPSA) is 81.1 Å². The Hall–Kier alpha value is -1.01. The van der Waals surface area contributed by atoms with Gasteiger partial charge in [0.25, 0.3) is 5.22 Å². The van der Waals surface area contributed by atoms with Crippen LogP contribution in [0, 0.1) is 0 Å². The zero-order valence-electron chi connectivity index (χ0n) is 10.7. The SMILES string of the molecule is CC(C)NC1(C(N)=O)CCC(Sc2ncco2)C1. The number of hydrogen-bond donors (Lipinski definition) is 2. The molecular formula is C12H19N3O2S. The third-order valence-corrected chi connectivity index (χ3v) is 4.32. The lowest BCUT2D eigenvalue weighted by Crippen LogP contribution is -2.56. The van der Waals surface area contributed by atoms with E-state index in [4.69, 9.17) is 10.2 Å². The first-order valence-corrected chi connectivity index (χ1v) is 7.03. The Morgan fingerprint density at radius 3 is 3.06 bits per heavy atom. The van der Waals surface area contributed by atoms with Gasteiger partial charge in [0.1, 0.15) is 6.26 Å². The summed E-state index contributed by atoms with van der Waals surface area (Å²) < 4.78 is 5.22. The molecule has 2 atom stereocenters. The number of oxazole rings is 1. The molecule has 5 nitrogen and oxygen atoms in total. The molecule has 3 N–H and O–H groups in total. The van der Waals surface area contributed by atoms with Gasteiger partial charge in [-0.3, -0.25) is 4.79 Å². The number of hydrogen-bond acceptors (Lipinski definition) is 5. The quantitative estimate of drug-likeness (QED) is 0.847. The highest BCUT2D eigenvalue weighted by Gasteiger charge is 2.44. The Morgan fingerprint density at radius 1 is 1.72 bits per heavy atom. The minimum Gasteiger partial charge on any atom is -0.440 e. The second-order valence-corrected chi connectivity index (χ2v) is 6.28. The van der Waals surface area contributed by atoms with E-state index in [1.165, 1.54) is 0 Å². The number of thioether (sulfide) groups is 1. The van der Waals surface area contributed by atoms with Crippen LogP contribution in [0.2, 0.25) is 0 Å². The Kier molecular flexibility index (Phi) is 3.97. The lowest BCUT2D eigenvalue weighted by atomic mass is 9.96. The van der Waals surface area contributed by atoms with Crippen molar-refractivity contribution in [1.29, 1.82) is 0 Å². The first kappa shape index (κ1) is 13.4. The minimum absolute atomic E-state index is 0.239. The molecule has 0 spiro atoms. The van der Waals surface area contributed by atoms with E-state index in [0.29, 0.717) is 10.5 Å². The molecule has 1 heterocycles. The van der Waals surface area contributed by atoms with Crippen molar-refractivity contribution in [2.45, 2.75) is 55.2 Å². The molecule has 6 heteroatoms. The number of rotatable bonds is 5. The van der Waals surface area contributed by atoms with Crippen LogP contribution >= 0.6 is 11.8 Å². The number of aromatic nitrogens is 1. The van der Waals surface area contributed by atoms with Gasteiger partial charge in [-0.05, 0) is 33.1 Å².